The van der Waals surface area contributed by atoms with Crippen molar-refractivity contribution in [2.45, 2.75) is 12.5 Å². The van der Waals surface area contributed by atoms with Crippen molar-refractivity contribution < 1.29 is 8.42 Å². The molecule has 2 rings (SSSR count). The Hall–Kier alpha value is -0.390. The lowest BCUT2D eigenvalue weighted by atomic mass is 9.93. The van der Waals surface area contributed by atoms with Gasteiger partial charge < -0.3 is 5.32 Å². The molecule has 0 amide bonds. The molecule has 1 aromatic rings. The molecule has 0 saturated carbocycles. The molecule has 1 heterocycles. The minimum atomic E-state index is -2.82. The van der Waals surface area contributed by atoms with Crippen molar-refractivity contribution >= 4 is 25.8 Å². The first kappa shape index (κ1) is 13.1. The molecule has 0 radical (unpaired) electrons. The summed E-state index contributed by atoms with van der Waals surface area (Å²) in [5.74, 6) is 0.800. The second-order valence-corrected chi connectivity index (χ2v) is 7.63. The Bertz CT molecular complexity index is 501. The lowest BCUT2D eigenvalue weighted by Gasteiger charge is -2.22. The van der Waals surface area contributed by atoms with E-state index in [9.17, 15) is 8.42 Å². The fraction of sp³-hybridized carbons (Fsp3) is 0.500. The van der Waals surface area contributed by atoms with Gasteiger partial charge in [0.15, 0.2) is 9.84 Å². The molecular weight excluding hydrogens is 302 g/mol. The highest BCUT2D eigenvalue weighted by molar-refractivity contribution is 9.10. The number of rotatable bonds is 3. The Morgan fingerprint density at radius 2 is 2.24 bits per heavy atom. The van der Waals surface area contributed by atoms with Crippen molar-refractivity contribution in [1.29, 1.82) is 0 Å². The van der Waals surface area contributed by atoms with E-state index in [0.717, 1.165) is 16.5 Å². The predicted octanol–water partition coefficient (Wildman–Crippen LogP) is 2.14. The molecular formula is C12H16BrNO2S. The summed E-state index contributed by atoms with van der Waals surface area (Å²) in [5, 5.41) is 3.24. The fourth-order valence-electron chi connectivity index (χ4n) is 2.46. The minimum absolute atomic E-state index is 0.116. The zero-order valence-electron chi connectivity index (χ0n) is 9.69. The SMILES string of the molecule is CNC(c1cccc(Br)c1)C1CCS(=O)(=O)C1. The number of benzene rings is 1. The van der Waals surface area contributed by atoms with Gasteiger partial charge in [-0.3, -0.25) is 0 Å². The van der Waals surface area contributed by atoms with Crippen LogP contribution in [0.15, 0.2) is 28.7 Å². The molecule has 0 aromatic heterocycles. The highest BCUT2D eigenvalue weighted by atomic mass is 79.9. The van der Waals surface area contributed by atoms with Crippen LogP contribution < -0.4 is 5.32 Å². The monoisotopic (exact) mass is 317 g/mol. The summed E-state index contributed by atoms with van der Waals surface area (Å²) < 4.78 is 24.1. The molecule has 17 heavy (non-hydrogen) atoms. The molecule has 3 nitrogen and oxygen atoms in total. The Morgan fingerprint density at radius 3 is 2.76 bits per heavy atom. The summed E-state index contributed by atoms with van der Waals surface area (Å²) in [6.45, 7) is 0. The normalized spacial score (nSPS) is 24.7. The standard InChI is InChI=1S/C12H16BrNO2S/c1-14-12(9-3-2-4-11(13)7-9)10-5-6-17(15,16)8-10/h2-4,7,10,12,14H,5-6,8H2,1H3. The van der Waals surface area contributed by atoms with E-state index in [4.69, 9.17) is 0 Å². The maximum absolute atomic E-state index is 11.5. The van der Waals surface area contributed by atoms with Crippen LogP contribution in [0.4, 0.5) is 0 Å². The van der Waals surface area contributed by atoms with Crippen LogP contribution in [0, 0.1) is 5.92 Å². The van der Waals surface area contributed by atoms with Gasteiger partial charge in [0, 0.05) is 10.5 Å². The molecule has 1 saturated heterocycles. The van der Waals surface area contributed by atoms with Gasteiger partial charge in [-0.15, -0.1) is 0 Å². The molecule has 0 spiro atoms. The van der Waals surface area contributed by atoms with Crippen LogP contribution in [0.5, 0.6) is 0 Å². The summed E-state index contributed by atoms with van der Waals surface area (Å²) >= 11 is 3.44. The second kappa shape index (κ2) is 5.08. The van der Waals surface area contributed by atoms with E-state index in [-0.39, 0.29) is 12.0 Å². The zero-order chi connectivity index (χ0) is 12.5. The maximum Gasteiger partial charge on any atom is 0.150 e. The van der Waals surface area contributed by atoms with Gasteiger partial charge in [-0.1, -0.05) is 28.1 Å². The predicted molar refractivity (Wildman–Crippen MR) is 72.7 cm³/mol. The summed E-state index contributed by atoms with van der Waals surface area (Å²) in [5.41, 5.74) is 1.14. The third kappa shape index (κ3) is 3.09. The molecule has 0 bridgehead atoms. The quantitative estimate of drug-likeness (QED) is 0.929. The largest absolute Gasteiger partial charge is 0.313 e. The molecule has 2 atom stereocenters. The van der Waals surface area contributed by atoms with E-state index >= 15 is 0 Å². The first-order valence-electron chi connectivity index (χ1n) is 5.65. The van der Waals surface area contributed by atoms with Crippen LogP contribution in [0.2, 0.25) is 0 Å². The topological polar surface area (TPSA) is 46.2 Å². The van der Waals surface area contributed by atoms with Crippen LogP contribution in [0.3, 0.4) is 0 Å². The Balaban J connectivity index is 2.23. The van der Waals surface area contributed by atoms with E-state index in [1.807, 2.05) is 31.3 Å². The number of sulfone groups is 1. The van der Waals surface area contributed by atoms with E-state index in [0.29, 0.717) is 11.5 Å². The van der Waals surface area contributed by atoms with E-state index in [2.05, 4.69) is 21.2 Å². The maximum atomic E-state index is 11.5. The minimum Gasteiger partial charge on any atom is -0.313 e. The summed E-state index contributed by atoms with van der Waals surface area (Å²) in [7, 11) is -0.935. The number of hydrogen-bond acceptors (Lipinski definition) is 3. The number of hydrogen-bond donors (Lipinski definition) is 1. The Morgan fingerprint density at radius 1 is 1.47 bits per heavy atom. The van der Waals surface area contributed by atoms with Crippen LogP contribution >= 0.6 is 15.9 Å². The fourth-order valence-corrected chi connectivity index (χ4v) is 4.72. The van der Waals surface area contributed by atoms with Gasteiger partial charge in [-0.05, 0) is 37.1 Å². The van der Waals surface area contributed by atoms with E-state index in [1.54, 1.807) is 0 Å². The molecule has 94 valence electrons. The molecule has 1 aliphatic rings. The van der Waals surface area contributed by atoms with Crippen LogP contribution in [-0.2, 0) is 9.84 Å². The first-order chi connectivity index (χ1) is 8.02. The third-order valence-electron chi connectivity index (χ3n) is 3.26. The van der Waals surface area contributed by atoms with Crippen LogP contribution in [0.1, 0.15) is 18.0 Å². The summed E-state index contributed by atoms with van der Waals surface area (Å²) in [6.07, 6.45) is 0.750. The van der Waals surface area contributed by atoms with Gasteiger partial charge in [0.05, 0.1) is 11.5 Å². The van der Waals surface area contributed by atoms with Gasteiger partial charge in [-0.25, -0.2) is 8.42 Å². The molecule has 5 heteroatoms. The van der Waals surface area contributed by atoms with Crippen molar-refractivity contribution in [3.8, 4) is 0 Å². The average molecular weight is 318 g/mol. The number of halogens is 1. The van der Waals surface area contributed by atoms with Crippen molar-refractivity contribution in [1.82, 2.24) is 5.32 Å². The Labute approximate surface area is 111 Å². The van der Waals surface area contributed by atoms with Crippen molar-refractivity contribution in [2.24, 2.45) is 5.92 Å². The van der Waals surface area contributed by atoms with E-state index < -0.39 is 9.84 Å². The second-order valence-electron chi connectivity index (χ2n) is 4.48. The molecule has 1 fully saturated rings. The lowest BCUT2D eigenvalue weighted by Crippen LogP contribution is -2.26. The van der Waals surface area contributed by atoms with Crippen LogP contribution in [0.25, 0.3) is 0 Å². The highest BCUT2D eigenvalue weighted by Crippen LogP contribution is 2.32. The molecule has 0 aliphatic carbocycles. The van der Waals surface area contributed by atoms with E-state index in [1.165, 1.54) is 0 Å². The molecule has 2 unspecified atom stereocenters. The van der Waals surface area contributed by atoms with Gasteiger partial charge in [-0.2, -0.15) is 0 Å². The number of nitrogens with one attached hydrogen (secondary N) is 1. The van der Waals surface area contributed by atoms with Gasteiger partial charge in [0.25, 0.3) is 0 Å². The molecule has 1 aliphatic heterocycles. The van der Waals surface area contributed by atoms with Crippen molar-refractivity contribution in [2.75, 3.05) is 18.6 Å². The molecule has 1 N–H and O–H groups in total. The first-order valence-corrected chi connectivity index (χ1v) is 8.26. The molecule has 1 aromatic carbocycles. The van der Waals surface area contributed by atoms with Gasteiger partial charge >= 0.3 is 0 Å². The average Bonchev–Trinajstić information content (AvgIpc) is 2.60. The zero-order valence-corrected chi connectivity index (χ0v) is 12.1. The smallest absolute Gasteiger partial charge is 0.150 e. The van der Waals surface area contributed by atoms with Crippen molar-refractivity contribution in [3.05, 3.63) is 34.3 Å². The highest BCUT2D eigenvalue weighted by Gasteiger charge is 2.33. The summed E-state index contributed by atoms with van der Waals surface area (Å²) in [4.78, 5) is 0. The summed E-state index contributed by atoms with van der Waals surface area (Å²) in [6, 6.07) is 8.16. The lowest BCUT2D eigenvalue weighted by molar-refractivity contribution is 0.418. The van der Waals surface area contributed by atoms with Crippen molar-refractivity contribution in [3.63, 3.8) is 0 Å². The Kier molecular flexibility index (Phi) is 3.90. The third-order valence-corrected chi connectivity index (χ3v) is 5.54. The van der Waals surface area contributed by atoms with Crippen LogP contribution in [-0.4, -0.2) is 27.0 Å². The van der Waals surface area contributed by atoms with Gasteiger partial charge in [0.1, 0.15) is 0 Å². The van der Waals surface area contributed by atoms with Gasteiger partial charge in [0.2, 0.25) is 0 Å².